The Morgan fingerprint density at radius 2 is 2.20 bits per heavy atom. The van der Waals surface area contributed by atoms with E-state index in [4.69, 9.17) is 22.0 Å². The van der Waals surface area contributed by atoms with Crippen LogP contribution in [0, 0.1) is 11.3 Å². The van der Waals surface area contributed by atoms with Gasteiger partial charge in [0.2, 0.25) is 0 Å². The third-order valence-corrected chi connectivity index (χ3v) is 2.90. The first kappa shape index (κ1) is 12.0. The highest BCUT2D eigenvalue weighted by Crippen LogP contribution is 2.23. The molecular formula is C10H7BrClNO2. The average Bonchev–Trinajstić information content (AvgIpc) is 2.19. The van der Waals surface area contributed by atoms with Gasteiger partial charge < -0.3 is 5.11 Å². The molecule has 0 atom stereocenters. The highest BCUT2D eigenvalue weighted by Gasteiger charge is 2.10. The van der Waals surface area contributed by atoms with E-state index in [-0.39, 0.29) is 12.3 Å². The third kappa shape index (κ3) is 2.95. The first-order chi connectivity index (χ1) is 7.08. The van der Waals surface area contributed by atoms with Gasteiger partial charge in [0.15, 0.2) is 0 Å². The fourth-order valence-electron chi connectivity index (χ4n) is 1.17. The molecule has 5 heteroatoms. The van der Waals surface area contributed by atoms with Crippen LogP contribution in [-0.2, 0) is 17.1 Å². The van der Waals surface area contributed by atoms with Crippen molar-refractivity contribution in [3.05, 3.63) is 33.3 Å². The Balaban J connectivity index is 3.21. The maximum Gasteiger partial charge on any atom is 0.307 e. The molecule has 0 aliphatic carbocycles. The van der Waals surface area contributed by atoms with Gasteiger partial charge in [-0.15, -0.1) is 11.6 Å². The van der Waals surface area contributed by atoms with Gasteiger partial charge >= 0.3 is 5.97 Å². The van der Waals surface area contributed by atoms with Crippen molar-refractivity contribution >= 4 is 33.5 Å². The minimum Gasteiger partial charge on any atom is -0.481 e. The number of carboxylic acids is 1. The maximum atomic E-state index is 10.5. The first-order valence-electron chi connectivity index (χ1n) is 4.07. The van der Waals surface area contributed by atoms with Crippen molar-refractivity contribution < 1.29 is 9.90 Å². The van der Waals surface area contributed by atoms with Gasteiger partial charge in [0.25, 0.3) is 0 Å². The van der Waals surface area contributed by atoms with Crippen molar-refractivity contribution in [2.75, 3.05) is 0 Å². The zero-order valence-corrected chi connectivity index (χ0v) is 9.97. The first-order valence-corrected chi connectivity index (χ1v) is 5.40. The van der Waals surface area contributed by atoms with Crippen molar-refractivity contribution in [2.24, 2.45) is 0 Å². The van der Waals surface area contributed by atoms with E-state index < -0.39 is 5.97 Å². The predicted octanol–water partition coefficient (Wildman–Crippen LogP) is 2.69. The SMILES string of the molecule is N#Cc1cc(CC(=O)O)c(Br)cc1CCl. The van der Waals surface area contributed by atoms with Crippen molar-refractivity contribution in [3.63, 3.8) is 0 Å². The lowest BCUT2D eigenvalue weighted by atomic mass is 10.0. The van der Waals surface area contributed by atoms with Crippen molar-refractivity contribution in [1.29, 1.82) is 5.26 Å². The molecule has 15 heavy (non-hydrogen) atoms. The predicted molar refractivity (Wildman–Crippen MR) is 59.8 cm³/mol. The highest BCUT2D eigenvalue weighted by atomic mass is 79.9. The molecule has 0 fully saturated rings. The number of halogens is 2. The summed E-state index contributed by atoms with van der Waals surface area (Å²) in [5, 5.41) is 17.5. The van der Waals surface area contributed by atoms with Gasteiger partial charge in [-0.3, -0.25) is 4.79 Å². The minimum atomic E-state index is -0.932. The second-order valence-electron chi connectivity index (χ2n) is 2.92. The Labute approximate surface area is 100 Å². The van der Waals surface area contributed by atoms with E-state index in [0.717, 1.165) is 0 Å². The molecule has 0 unspecified atom stereocenters. The van der Waals surface area contributed by atoms with Crippen LogP contribution in [-0.4, -0.2) is 11.1 Å². The summed E-state index contributed by atoms with van der Waals surface area (Å²) in [7, 11) is 0. The molecule has 0 aliphatic rings. The standard InChI is InChI=1S/C10H7BrClNO2/c11-9-2-7(4-12)8(5-13)1-6(9)3-10(14)15/h1-2H,3-4H2,(H,14,15). The lowest BCUT2D eigenvalue weighted by Crippen LogP contribution is -2.02. The van der Waals surface area contributed by atoms with Gasteiger partial charge in [-0.1, -0.05) is 15.9 Å². The van der Waals surface area contributed by atoms with E-state index in [1.807, 2.05) is 6.07 Å². The molecule has 1 rings (SSSR count). The maximum absolute atomic E-state index is 10.5. The number of benzene rings is 1. The number of nitrogens with zero attached hydrogens (tertiary/aromatic N) is 1. The van der Waals surface area contributed by atoms with Crippen LogP contribution in [0.2, 0.25) is 0 Å². The van der Waals surface area contributed by atoms with E-state index in [1.54, 1.807) is 12.1 Å². The number of aliphatic carboxylic acids is 1. The summed E-state index contributed by atoms with van der Waals surface area (Å²) in [6.07, 6.45) is -0.113. The molecule has 1 aromatic rings. The van der Waals surface area contributed by atoms with Gasteiger partial charge in [0.05, 0.1) is 18.1 Å². The van der Waals surface area contributed by atoms with Crippen molar-refractivity contribution in [2.45, 2.75) is 12.3 Å². The van der Waals surface area contributed by atoms with Crippen LogP contribution in [0.15, 0.2) is 16.6 Å². The Kier molecular flexibility index (Phi) is 4.13. The van der Waals surface area contributed by atoms with Gasteiger partial charge in [0, 0.05) is 10.4 Å². The van der Waals surface area contributed by atoms with Crippen LogP contribution in [0.4, 0.5) is 0 Å². The average molecular weight is 289 g/mol. The smallest absolute Gasteiger partial charge is 0.307 e. The molecule has 0 aliphatic heterocycles. The quantitative estimate of drug-likeness (QED) is 0.870. The van der Waals surface area contributed by atoms with Crippen molar-refractivity contribution in [3.8, 4) is 6.07 Å². The molecular weight excluding hydrogens is 281 g/mol. The third-order valence-electron chi connectivity index (χ3n) is 1.88. The summed E-state index contributed by atoms with van der Waals surface area (Å²) in [6.45, 7) is 0. The Morgan fingerprint density at radius 3 is 2.67 bits per heavy atom. The van der Waals surface area contributed by atoms with Crippen LogP contribution < -0.4 is 0 Å². The lowest BCUT2D eigenvalue weighted by Gasteiger charge is -2.05. The van der Waals surface area contributed by atoms with E-state index in [0.29, 0.717) is 21.2 Å². The minimum absolute atomic E-state index is 0.113. The molecule has 78 valence electrons. The number of hydrogen-bond acceptors (Lipinski definition) is 2. The van der Waals surface area contributed by atoms with Crippen LogP contribution in [0.1, 0.15) is 16.7 Å². The normalized spacial score (nSPS) is 9.67. The summed E-state index contributed by atoms with van der Waals surface area (Å²) in [6, 6.07) is 5.22. The molecule has 3 nitrogen and oxygen atoms in total. The van der Waals surface area contributed by atoms with E-state index in [1.165, 1.54) is 0 Å². The molecule has 0 bridgehead atoms. The molecule has 0 saturated carbocycles. The van der Waals surface area contributed by atoms with Gasteiger partial charge in [-0.2, -0.15) is 5.26 Å². The van der Waals surface area contributed by atoms with Crippen LogP contribution in [0.5, 0.6) is 0 Å². The number of carbonyl (C=O) groups is 1. The van der Waals surface area contributed by atoms with E-state index in [2.05, 4.69) is 15.9 Å². The summed E-state index contributed by atoms with van der Waals surface area (Å²) >= 11 is 8.90. The second kappa shape index (κ2) is 5.15. The zero-order valence-electron chi connectivity index (χ0n) is 7.63. The lowest BCUT2D eigenvalue weighted by molar-refractivity contribution is -0.136. The molecule has 0 saturated heterocycles. The zero-order chi connectivity index (χ0) is 11.4. The second-order valence-corrected chi connectivity index (χ2v) is 4.04. The Hall–Kier alpha value is -1.05. The van der Waals surface area contributed by atoms with Gasteiger partial charge in [-0.05, 0) is 23.3 Å². The topological polar surface area (TPSA) is 61.1 Å². The summed E-state index contributed by atoms with van der Waals surface area (Å²) < 4.78 is 0.666. The molecule has 0 heterocycles. The molecule has 0 aromatic heterocycles. The van der Waals surface area contributed by atoms with Gasteiger partial charge in [0.1, 0.15) is 0 Å². The van der Waals surface area contributed by atoms with Crippen LogP contribution in [0.3, 0.4) is 0 Å². The van der Waals surface area contributed by atoms with Crippen LogP contribution >= 0.6 is 27.5 Å². The number of nitriles is 1. The highest BCUT2D eigenvalue weighted by molar-refractivity contribution is 9.10. The number of alkyl halides is 1. The fraction of sp³-hybridized carbons (Fsp3) is 0.200. The summed E-state index contributed by atoms with van der Waals surface area (Å²) in [5.41, 5.74) is 1.69. The van der Waals surface area contributed by atoms with Crippen molar-refractivity contribution in [1.82, 2.24) is 0 Å². The summed E-state index contributed by atoms with van der Waals surface area (Å²) in [5.74, 6) is -0.701. The molecule has 0 spiro atoms. The van der Waals surface area contributed by atoms with Gasteiger partial charge in [-0.25, -0.2) is 0 Å². The van der Waals surface area contributed by atoms with E-state index in [9.17, 15) is 4.79 Å². The molecule has 0 amide bonds. The molecule has 1 N–H and O–H groups in total. The summed E-state index contributed by atoms with van der Waals surface area (Å²) in [4.78, 5) is 10.5. The number of hydrogen-bond donors (Lipinski definition) is 1. The Morgan fingerprint density at radius 1 is 1.53 bits per heavy atom. The monoisotopic (exact) mass is 287 g/mol. The van der Waals surface area contributed by atoms with E-state index >= 15 is 0 Å². The van der Waals surface area contributed by atoms with Crippen LogP contribution in [0.25, 0.3) is 0 Å². The Bertz CT molecular complexity index is 440. The molecule has 1 aromatic carbocycles. The fourth-order valence-corrected chi connectivity index (χ4v) is 1.92. The molecule has 0 radical (unpaired) electrons. The largest absolute Gasteiger partial charge is 0.481 e. The number of carboxylic acid groups (broad SMARTS) is 1. The number of rotatable bonds is 3.